The number of nitrogens with one attached hydrogen (secondary N) is 2. The number of carbonyl (C=O) groups excluding carboxylic acids is 2. The van der Waals surface area contributed by atoms with E-state index in [-0.39, 0.29) is 18.4 Å². The van der Waals surface area contributed by atoms with Gasteiger partial charge in [-0.2, -0.15) is 0 Å². The summed E-state index contributed by atoms with van der Waals surface area (Å²) in [6.45, 7) is 2.89. The van der Waals surface area contributed by atoms with E-state index in [1.54, 1.807) is 12.1 Å². The van der Waals surface area contributed by atoms with Crippen molar-refractivity contribution in [2.75, 3.05) is 5.75 Å². The van der Waals surface area contributed by atoms with Crippen molar-refractivity contribution in [2.45, 2.75) is 63.3 Å². The summed E-state index contributed by atoms with van der Waals surface area (Å²) in [4.78, 5) is 24.4. The van der Waals surface area contributed by atoms with Gasteiger partial charge >= 0.3 is 0 Å². The van der Waals surface area contributed by atoms with Gasteiger partial charge in [0, 0.05) is 23.7 Å². The predicted octanol–water partition coefficient (Wildman–Crippen LogP) is 3.82. The number of rotatable bonds is 9. The molecule has 9 heteroatoms. The van der Waals surface area contributed by atoms with Gasteiger partial charge in [0.05, 0.1) is 12.3 Å². The van der Waals surface area contributed by atoms with E-state index in [0.717, 1.165) is 18.4 Å². The smallest absolute Gasteiger partial charge is 0.244 e. The van der Waals surface area contributed by atoms with Crippen molar-refractivity contribution >= 4 is 41.3 Å². The van der Waals surface area contributed by atoms with Gasteiger partial charge in [-0.3, -0.25) is 9.59 Å². The summed E-state index contributed by atoms with van der Waals surface area (Å²) in [5.74, 6) is 0.743. The van der Waals surface area contributed by atoms with E-state index in [4.69, 9.17) is 11.6 Å². The van der Waals surface area contributed by atoms with Crippen LogP contribution >= 0.6 is 23.4 Å². The van der Waals surface area contributed by atoms with E-state index in [1.807, 2.05) is 29.7 Å². The predicted molar refractivity (Wildman–Crippen MR) is 124 cm³/mol. The Labute approximate surface area is 192 Å². The lowest BCUT2D eigenvalue weighted by atomic mass is 9.95. The molecule has 7 nitrogen and oxygen atoms in total. The number of halogens is 1. The highest BCUT2D eigenvalue weighted by molar-refractivity contribution is 7.99. The van der Waals surface area contributed by atoms with Gasteiger partial charge in [-0.1, -0.05) is 60.8 Å². The highest BCUT2D eigenvalue weighted by Crippen LogP contribution is 2.20. The Kier molecular flexibility index (Phi) is 8.97. The molecule has 2 amide bonds. The second-order valence-electron chi connectivity index (χ2n) is 7.41. The van der Waals surface area contributed by atoms with Gasteiger partial charge in [0.25, 0.3) is 0 Å². The first kappa shape index (κ1) is 23.3. The Balaban J connectivity index is 1.49. The summed E-state index contributed by atoms with van der Waals surface area (Å²) in [6, 6.07) is 7.62. The first-order valence-electron chi connectivity index (χ1n) is 10.6. The number of benzene rings is 1. The quantitative estimate of drug-likeness (QED) is 0.437. The molecule has 0 bridgehead atoms. The summed E-state index contributed by atoms with van der Waals surface area (Å²) in [5, 5.41) is 15.6. The van der Waals surface area contributed by atoms with E-state index in [1.165, 1.54) is 37.1 Å². The van der Waals surface area contributed by atoms with E-state index in [2.05, 4.69) is 20.8 Å². The van der Waals surface area contributed by atoms with Gasteiger partial charge in [-0.25, -0.2) is 0 Å². The number of aromatic nitrogens is 3. The summed E-state index contributed by atoms with van der Waals surface area (Å²) < 4.78 is 1.91. The summed E-state index contributed by atoms with van der Waals surface area (Å²) in [5.41, 5.74) is 0.779. The van der Waals surface area contributed by atoms with E-state index in [9.17, 15) is 9.59 Å². The van der Waals surface area contributed by atoms with E-state index >= 15 is 0 Å². The monoisotopic (exact) mass is 461 g/mol. The molecule has 0 unspecified atom stereocenters. The molecule has 1 heterocycles. The third kappa shape index (κ3) is 7.11. The van der Waals surface area contributed by atoms with Crippen LogP contribution in [-0.2, 0) is 22.7 Å². The third-order valence-corrected chi connectivity index (χ3v) is 6.46. The van der Waals surface area contributed by atoms with Crippen LogP contribution in [0.15, 0.2) is 35.5 Å². The normalized spacial score (nSPS) is 14.6. The number of nitrogens with zero attached hydrogens (tertiary/aromatic N) is 3. The molecule has 0 aliphatic heterocycles. The average Bonchev–Trinajstić information content (AvgIpc) is 3.18. The van der Waals surface area contributed by atoms with E-state index in [0.29, 0.717) is 34.3 Å². The number of carbonyl (C=O) groups is 2. The summed E-state index contributed by atoms with van der Waals surface area (Å²) >= 11 is 7.46. The highest BCUT2D eigenvalue weighted by atomic mass is 35.5. The Morgan fingerprint density at radius 2 is 2.00 bits per heavy atom. The van der Waals surface area contributed by atoms with Crippen molar-refractivity contribution < 1.29 is 9.59 Å². The standard InChI is InChI=1S/C22H28ClN5O2S/c1-2-28-19(14-24-20(29)13-12-16-8-6-7-11-18(16)23)26-27-22(28)31-15-21(30)25-17-9-4-3-5-10-17/h6-8,11-13,17H,2-5,9-10,14-15H2,1H3,(H,24,29)(H,25,30)/b13-12+. The van der Waals surface area contributed by atoms with Crippen molar-refractivity contribution in [3.05, 3.63) is 46.8 Å². The maximum Gasteiger partial charge on any atom is 0.244 e. The fourth-order valence-electron chi connectivity index (χ4n) is 3.52. The molecule has 166 valence electrons. The Hall–Kier alpha value is -2.32. The Bertz CT molecular complexity index is 924. The topological polar surface area (TPSA) is 88.9 Å². The van der Waals surface area contributed by atoms with Gasteiger partial charge in [-0.15, -0.1) is 10.2 Å². The van der Waals surface area contributed by atoms with Crippen LogP contribution in [0.25, 0.3) is 6.08 Å². The number of thioether (sulfide) groups is 1. The SMILES string of the molecule is CCn1c(CNC(=O)/C=C/c2ccccc2Cl)nnc1SCC(=O)NC1CCCCC1. The van der Waals surface area contributed by atoms with Crippen LogP contribution in [0.1, 0.15) is 50.4 Å². The van der Waals surface area contributed by atoms with Crippen LogP contribution in [0.4, 0.5) is 0 Å². The zero-order chi connectivity index (χ0) is 22.1. The molecule has 1 aliphatic rings. The molecule has 1 aliphatic carbocycles. The number of amides is 2. The van der Waals surface area contributed by atoms with Crippen LogP contribution in [0, 0.1) is 0 Å². The molecular weight excluding hydrogens is 434 g/mol. The maximum atomic E-state index is 12.3. The first-order valence-corrected chi connectivity index (χ1v) is 12.0. The Morgan fingerprint density at radius 3 is 2.74 bits per heavy atom. The zero-order valence-electron chi connectivity index (χ0n) is 17.6. The molecule has 1 aromatic carbocycles. The lowest BCUT2D eigenvalue weighted by molar-refractivity contribution is -0.119. The van der Waals surface area contributed by atoms with Gasteiger partial charge in [-0.05, 0) is 37.5 Å². The fourth-order valence-corrected chi connectivity index (χ4v) is 4.55. The zero-order valence-corrected chi connectivity index (χ0v) is 19.2. The maximum absolute atomic E-state index is 12.3. The van der Waals surface area contributed by atoms with Crippen LogP contribution in [0.3, 0.4) is 0 Å². The van der Waals surface area contributed by atoms with Crippen molar-refractivity contribution in [1.29, 1.82) is 0 Å². The largest absolute Gasteiger partial charge is 0.353 e. The second kappa shape index (κ2) is 11.9. The average molecular weight is 462 g/mol. The van der Waals surface area contributed by atoms with Crippen molar-refractivity contribution in [3.8, 4) is 0 Å². The molecule has 3 rings (SSSR count). The van der Waals surface area contributed by atoms with Crippen LogP contribution in [0.5, 0.6) is 0 Å². The van der Waals surface area contributed by atoms with Gasteiger partial charge in [0.1, 0.15) is 0 Å². The van der Waals surface area contributed by atoms with Crippen molar-refractivity contribution in [1.82, 2.24) is 25.4 Å². The molecule has 2 aromatic rings. The lowest BCUT2D eigenvalue weighted by Gasteiger charge is -2.22. The minimum atomic E-state index is -0.244. The van der Waals surface area contributed by atoms with E-state index < -0.39 is 0 Å². The number of hydrogen-bond acceptors (Lipinski definition) is 5. The molecular formula is C22H28ClN5O2S. The Morgan fingerprint density at radius 1 is 1.23 bits per heavy atom. The molecule has 2 N–H and O–H groups in total. The summed E-state index contributed by atoms with van der Waals surface area (Å²) in [7, 11) is 0. The minimum absolute atomic E-state index is 0.0297. The van der Waals surface area contributed by atoms with Gasteiger partial charge in [0.2, 0.25) is 11.8 Å². The van der Waals surface area contributed by atoms with Crippen LogP contribution in [-0.4, -0.2) is 38.4 Å². The summed E-state index contributed by atoms with van der Waals surface area (Å²) in [6.07, 6.45) is 8.88. The molecule has 0 saturated heterocycles. The molecule has 1 saturated carbocycles. The van der Waals surface area contributed by atoms with Gasteiger partial charge < -0.3 is 15.2 Å². The minimum Gasteiger partial charge on any atom is -0.353 e. The molecule has 0 atom stereocenters. The molecule has 1 fully saturated rings. The lowest BCUT2D eigenvalue weighted by Crippen LogP contribution is -2.37. The fraction of sp³-hybridized carbons (Fsp3) is 0.455. The van der Waals surface area contributed by atoms with Gasteiger partial charge in [0.15, 0.2) is 11.0 Å². The number of hydrogen-bond donors (Lipinski definition) is 2. The van der Waals surface area contributed by atoms with Crippen molar-refractivity contribution in [2.24, 2.45) is 0 Å². The second-order valence-corrected chi connectivity index (χ2v) is 8.76. The van der Waals surface area contributed by atoms with Crippen LogP contribution < -0.4 is 10.6 Å². The highest BCUT2D eigenvalue weighted by Gasteiger charge is 2.17. The molecule has 31 heavy (non-hydrogen) atoms. The van der Waals surface area contributed by atoms with Crippen LogP contribution in [0.2, 0.25) is 5.02 Å². The molecule has 0 radical (unpaired) electrons. The van der Waals surface area contributed by atoms with Crippen molar-refractivity contribution in [3.63, 3.8) is 0 Å². The molecule has 1 aromatic heterocycles. The first-order chi connectivity index (χ1) is 15.1. The molecule has 0 spiro atoms. The third-order valence-electron chi connectivity index (χ3n) is 5.15.